The minimum absolute atomic E-state index is 0.0173. The molecule has 0 saturated carbocycles. The first-order valence-corrected chi connectivity index (χ1v) is 7.50. The molecule has 1 N–H and O–H groups in total. The van der Waals surface area contributed by atoms with Gasteiger partial charge in [-0.05, 0) is 55.8 Å². The van der Waals surface area contributed by atoms with E-state index in [1.165, 1.54) is 6.07 Å². The lowest BCUT2D eigenvalue weighted by molar-refractivity contribution is 0.517. The molecule has 0 fully saturated rings. The predicted octanol–water partition coefficient (Wildman–Crippen LogP) is 4.18. The number of likely N-dealkylation sites (N-methyl/N-ethyl adjacent to an activating group) is 1. The number of aromatic nitrogens is 1. The summed E-state index contributed by atoms with van der Waals surface area (Å²) in [6, 6.07) is 11.0. The zero-order valence-corrected chi connectivity index (χ0v) is 13.2. The van der Waals surface area contributed by atoms with E-state index >= 15 is 0 Å². The van der Waals surface area contributed by atoms with Gasteiger partial charge in [-0.2, -0.15) is 0 Å². The first kappa shape index (κ1) is 15.1. The molecule has 0 radical (unpaired) electrons. The average molecular weight is 337 g/mol. The Hall–Kier alpha value is -1.26. The fourth-order valence-corrected chi connectivity index (χ4v) is 2.61. The van der Waals surface area contributed by atoms with E-state index in [0.717, 1.165) is 22.4 Å². The highest BCUT2D eigenvalue weighted by Crippen LogP contribution is 2.22. The van der Waals surface area contributed by atoms with Gasteiger partial charge >= 0.3 is 0 Å². The van der Waals surface area contributed by atoms with E-state index in [9.17, 15) is 4.39 Å². The molecule has 0 saturated heterocycles. The van der Waals surface area contributed by atoms with Gasteiger partial charge in [-0.1, -0.05) is 28.9 Å². The van der Waals surface area contributed by atoms with Gasteiger partial charge in [-0.3, -0.25) is 4.98 Å². The van der Waals surface area contributed by atoms with Gasteiger partial charge in [-0.15, -0.1) is 0 Å². The summed E-state index contributed by atoms with van der Waals surface area (Å²) in [5.74, 6) is -0.177. The summed E-state index contributed by atoms with van der Waals surface area (Å²) in [5, 5.41) is 3.38. The fourth-order valence-electron chi connectivity index (χ4n) is 2.21. The van der Waals surface area contributed by atoms with E-state index < -0.39 is 0 Å². The average Bonchev–Trinajstić information content (AvgIpc) is 2.42. The second kappa shape index (κ2) is 6.95. The molecule has 0 aliphatic heterocycles. The molecule has 0 aliphatic rings. The largest absolute Gasteiger partial charge is 0.309 e. The molecule has 2 rings (SSSR count). The topological polar surface area (TPSA) is 24.9 Å². The molecule has 20 heavy (non-hydrogen) atoms. The maximum Gasteiger partial charge on any atom is 0.126 e. The van der Waals surface area contributed by atoms with Crippen LogP contribution in [0.3, 0.4) is 0 Å². The number of nitrogens with zero attached hydrogens (tertiary/aromatic N) is 1. The maximum absolute atomic E-state index is 13.9. The molecule has 0 bridgehead atoms. The zero-order chi connectivity index (χ0) is 14.5. The molecule has 2 nitrogen and oxygen atoms in total. The van der Waals surface area contributed by atoms with E-state index in [1.54, 1.807) is 6.07 Å². The number of hydrogen-bond acceptors (Lipinski definition) is 2. The zero-order valence-electron chi connectivity index (χ0n) is 11.7. The number of benzene rings is 1. The summed E-state index contributed by atoms with van der Waals surface area (Å²) in [5.41, 5.74) is 2.61. The SMILES string of the molecule is CCNC(Cc1cc(Br)ccc1F)c1cccc(C)n1. The molecular formula is C16H18BrFN2. The number of rotatable bonds is 5. The van der Waals surface area contributed by atoms with Gasteiger partial charge in [0.2, 0.25) is 0 Å². The van der Waals surface area contributed by atoms with Crippen LogP contribution in [-0.2, 0) is 6.42 Å². The minimum Gasteiger partial charge on any atom is -0.309 e. The second-order valence-electron chi connectivity index (χ2n) is 4.75. The van der Waals surface area contributed by atoms with Crippen molar-refractivity contribution in [1.82, 2.24) is 10.3 Å². The van der Waals surface area contributed by atoms with Gasteiger partial charge in [-0.25, -0.2) is 4.39 Å². The van der Waals surface area contributed by atoms with Gasteiger partial charge in [0.1, 0.15) is 5.82 Å². The molecule has 0 aliphatic carbocycles. The summed E-state index contributed by atoms with van der Waals surface area (Å²) in [6.45, 7) is 4.82. The van der Waals surface area contributed by atoms with E-state index in [0.29, 0.717) is 12.0 Å². The summed E-state index contributed by atoms with van der Waals surface area (Å²) in [4.78, 5) is 4.54. The molecule has 106 valence electrons. The summed E-state index contributed by atoms with van der Waals surface area (Å²) < 4.78 is 14.8. The van der Waals surface area contributed by atoms with Crippen LogP contribution in [0.15, 0.2) is 40.9 Å². The van der Waals surface area contributed by atoms with Crippen molar-refractivity contribution in [3.05, 3.63) is 63.6 Å². The van der Waals surface area contributed by atoms with Gasteiger partial charge in [0.15, 0.2) is 0 Å². The first-order valence-electron chi connectivity index (χ1n) is 6.71. The molecule has 1 unspecified atom stereocenters. The van der Waals surface area contributed by atoms with E-state index in [1.807, 2.05) is 38.1 Å². The van der Waals surface area contributed by atoms with E-state index in [2.05, 4.69) is 26.2 Å². The van der Waals surface area contributed by atoms with Crippen LogP contribution in [0.25, 0.3) is 0 Å². The third kappa shape index (κ3) is 3.87. The summed E-state index contributed by atoms with van der Waals surface area (Å²) >= 11 is 3.39. The lowest BCUT2D eigenvalue weighted by Crippen LogP contribution is -2.24. The van der Waals surface area contributed by atoms with Crippen LogP contribution in [0.5, 0.6) is 0 Å². The maximum atomic E-state index is 13.9. The number of halogens is 2. The van der Waals surface area contributed by atoms with Gasteiger partial charge in [0.25, 0.3) is 0 Å². The van der Waals surface area contributed by atoms with Crippen molar-refractivity contribution in [3.8, 4) is 0 Å². The Morgan fingerprint density at radius 2 is 2.10 bits per heavy atom. The predicted molar refractivity (Wildman–Crippen MR) is 83.2 cm³/mol. The molecule has 0 amide bonds. The normalized spacial score (nSPS) is 12.4. The first-order chi connectivity index (χ1) is 9.60. The molecule has 1 aromatic heterocycles. The van der Waals surface area contributed by atoms with Crippen molar-refractivity contribution in [2.75, 3.05) is 6.54 Å². The highest BCUT2D eigenvalue weighted by molar-refractivity contribution is 9.10. The Morgan fingerprint density at radius 1 is 1.30 bits per heavy atom. The van der Waals surface area contributed by atoms with Gasteiger partial charge < -0.3 is 5.32 Å². The number of nitrogens with one attached hydrogen (secondary N) is 1. The molecule has 0 spiro atoms. The molecule has 1 aromatic carbocycles. The van der Waals surface area contributed by atoms with Crippen molar-refractivity contribution < 1.29 is 4.39 Å². The van der Waals surface area contributed by atoms with Crippen molar-refractivity contribution in [2.45, 2.75) is 26.3 Å². The van der Waals surface area contributed by atoms with Crippen molar-refractivity contribution in [3.63, 3.8) is 0 Å². The molecule has 1 atom stereocenters. The van der Waals surface area contributed by atoms with Crippen LogP contribution in [0, 0.1) is 12.7 Å². The van der Waals surface area contributed by atoms with Crippen LogP contribution in [0.1, 0.15) is 29.9 Å². The second-order valence-corrected chi connectivity index (χ2v) is 5.67. The lowest BCUT2D eigenvalue weighted by Gasteiger charge is -2.18. The van der Waals surface area contributed by atoms with Crippen molar-refractivity contribution in [1.29, 1.82) is 0 Å². The Bertz CT molecular complexity index is 586. The van der Waals surface area contributed by atoms with Crippen LogP contribution in [0.4, 0.5) is 4.39 Å². The van der Waals surface area contributed by atoms with Crippen LogP contribution < -0.4 is 5.32 Å². The van der Waals surface area contributed by atoms with Crippen LogP contribution in [0.2, 0.25) is 0 Å². The van der Waals surface area contributed by atoms with E-state index in [-0.39, 0.29) is 11.9 Å². The molecule has 4 heteroatoms. The fraction of sp³-hybridized carbons (Fsp3) is 0.312. The number of aryl methyl sites for hydroxylation is 1. The molecule has 1 heterocycles. The van der Waals surface area contributed by atoms with Crippen LogP contribution in [-0.4, -0.2) is 11.5 Å². The standard InChI is InChI=1S/C16H18BrFN2/c1-3-19-16(15-6-4-5-11(2)20-15)10-12-9-13(17)7-8-14(12)18/h4-9,16,19H,3,10H2,1-2H3. The quantitative estimate of drug-likeness (QED) is 0.885. The number of hydrogen-bond donors (Lipinski definition) is 1. The Morgan fingerprint density at radius 3 is 2.80 bits per heavy atom. The monoisotopic (exact) mass is 336 g/mol. The summed E-state index contributed by atoms with van der Waals surface area (Å²) in [7, 11) is 0. The Labute approximate surface area is 127 Å². The Balaban J connectivity index is 2.27. The Kier molecular flexibility index (Phi) is 5.26. The minimum atomic E-state index is -0.177. The summed E-state index contributed by atoms with van der Waals surface area (Å²) in [6.07, 6.45) is 0.579. The third-order valence-electron chi connectivity index (χ3n) is 3.15. The third-order valence-corrected chi connectivity index (χ3v) is 3.64. The lowest BCUT2D eigenvalue weighted by atomic mass is 10.0. The molecule has 2 aromatic rings. The van der Waals surface area contributed by atoms with Crippen LogP contribution >= 0.6 is 15.9 Å². The highest BCUT2D eigenvalue weighted by Gasteiger charge is 2.15. The van der Waals surface area contributed by atoms with Crippen molar-refractivity contribution >= 4 is 15.9 Å². The van der Waals surface area contributed by atoms with Gasteiger partial charge in [0.05, 0.1) is 11.7 Å². The smallest absolute Gasteiger partial charge is 0.126 e. The van der Waals surface area contributed by atoms with Crippen molar-refractivity contribution in [2.24, 2.45) is 0 Å². The molecular weight excluding hydrogens is 319 g/mol. The van der Waals surface area contributed by atoms with Gasteiger partial charge in [0, 0.05) is 10.2 Å². The van der Waals surface area contributed by atoms with E-state index in [4.69, 9.17) is 0 Å². The highest BCUT2D eigenvalue weighted by atomic mass is 79.9. The number of pyridine rings is 1.